The van der Waals surface area contributed by atoms with Crippen molar-refractivity contribution in [3.05, 3.63) is 29.1 Å². The third kappa shape index (κ3) is 1.56. The van der Waals surface area contributed by atoms with Gasteiger partial charge in [-0.15, -0.1) is 0 Å². The summed E-state index contributed by atoms with van der Waals surface area (Å²) < 4.78 is 12.8. The van der Waals surface area contributed by atoms with E-state index in [1.54, 1.807) is 13.8 Å². The van der Waals surface area contributed by atoms with E-state index >= 15 is 0 Å². The Kier molecular flexibility index (Phi) is 2.33. The topological polar surface area (TPSA) is 46.2 Å². The number of phenols is 1. The highest BCUT2D eigenvalue weighted by atomic mass is 19.1. The summed E-state index contributed by atoms with van der Waals surface area (Å²) in [4.78, 5) is 0. The van der Waals surface area contributed by atoms with Crippen LogP contribution in [0.3, 0.4) is 0 Å². The van der Waals surface area contributed by atoms with Gasteiger partial charge in [-0.1, -0.05) is 0 Å². The van der Waals surface area contributed by atoms with E-state index in [2.05, 4.69) is 0 Å². The van der Waals surface area contributed by atoms with Gasteiger partial charge in [0.15, 0.2) is 0 Å². The molecule has 0 amide bonds. The molecule has 0 fully saturated rings. The molecule has 1 aromatic carbocycles. The summed E-state index contributed by atoms with van der Waals surface area (Å²) in [6.07, 6.45) is 0. The Bertz CT molecular complexity index is 297. The average molecular weight is 169 g/mol. The molecule has 2 nitrogen and oxygen atoms in total. The molecule has 0 radical (unpaired) electrons. The molecule has 0 unspecified atom stereocenters. The molecule has 12 heavy (non-hydrogen) atoms. The second-order valence-electron chi connectivity index (χ2n) is 2.95. The van der Waals surface area contributed by atoms with Crippen molar-refractivity contribution in [3.8, 4) is 5.75 Å². The molecule has 0 aliphatic rings. The molecule has 3 heteroatoms. The van der Waals surface area contributed by atoms with Crippen molar-refractivity contribution in [1.82, 2.24) is 0 Å². The number of benzene rings is 1. The molecule has 0 aromatic heterocycles. The van der Waals surface area contributed by atoms with E-state index in [-0.39, 0.29) is 17.6 Å². The van der Waals surface area contributed by atoms with Crippen molar-refractivity contribution in [2.45, 2.75) is 19.9 Å². The van der Waals surface area contributed by atoms with E-state index in [0.717, 1.165) is 0 Å². The maximum Gasteiger partial charge on any atom is 0.124 e. The Morgan fingerprint density at radius 2 is 2.08 bits per heavy atom. The number of aromatic hydroxyl groups is 1. The van der Waals surface area contributed by atoms with E-state index in [1.165, 1.54) is 12.1 Å². The largest absolute Gasteiger partial charge is 0.507 e. The maximum absolute atomic E-state index is 12.8. The predicted molar refractivity (Wildman–Crippen MR) is 45.4 cm³/mol. The highest BCUT2D eigenvalue weighted by Gasteiger charge is 2.09. The summed E-state index contributed by atoms with van der Waals surface area (Å²) in [6, 6.07) is 2.19. The van der Waals surface area contributed by atoms with Crippen LogP contribution >= 0.6 is 0 Å². The molecule has 1 aromatic rings. The van der Waals surface area contributed by atoms with E-state index in [4.69, 9.17) is 5.73 Å². The number of hydrogen-bond donors (Lipinski definition) is 2. The molecule has 1 atom stereocenters. The van der Waals surface area contributed by atoms with Crippen molar-refractivity contribution in [1.29, 1.82) is 0 Å². The Morgan fingerprint density at radius 1 is 1.50 bits per heavy atom. The highest BCUT2D eigenvalue weighted by Crippen LogP contribution is 2.27. The molecule has 0 saturated heterocycles. The quantitative estimate of drug-likeness (QED) is 0.674. The highest BCUT2D eigenvalue weighted by molar-refractivity contribution is 5.41. The molecule has 1 rings (SSSR count). The van der Waals surface area contributed by atoms with E-state index in [1.807, 2.05) is 0 Å². The lowest BCUT2D eigenvalue weighted by Gasteiger charge is -2.10. The summed E-state index contributed by atoms with van der Waals surface area (Å²) in [5.41, 5.74) is 6.49. The van der Waals surface area contributed by atoms with Crippen LogP contribution in [0, 0.1) is 12.7 Å². The van der Waals surface area contributed by atoms with Gasteiger partial charge >= 0.3 is 0 Å². The van der Waals surface area contributed by atoms with Crippen LogP contribution in [0.25, 0.3) is 0 Å². The molecule has 0 aliphatic carbocycles. The van der Waals surface area contributed by atoms with Gasteiger partial charge in [0, 0.05) is 11.6 Å². The molecule has 3 N–H and O–H groups in total. The second kappa shape index (κ2) is 3.11. The molecular weight excluding hydrogens is 157 g/mol. The van der Waals surface area contributed by atoms with E-state index < -0.39 is 0 Å². The minimum absolute atomic E-state index is 0.0893. The zero-order valence-corrected chi connectivity index (χ0v) is 7.13. The molecule has 0 spiro atoms. The first-order chi connectivity index (χ1) is 5.52. The number of phenolic OH excluding ortho intramolecular Hbond substituents is 1. The smallest absolute Gasteiger partial charge is 0.124 e. The lowest BCUT2D eigenvalue weighted by atomic mass is 10.0. The first kappa shape index (κ1) is 9.00. The summed E-state index contributed by atoms with van der Waals surface area (Å²) in [6.45, 7) is 3.35. The summed E-state index contributed by atoms with van der Waals surface area (Å²) >= 11 is 0. The summed E-state index contributed by atoms with van der Waals surface area (Å²) in [5, 5.41) is 9.45. The predicted octanol–water partition coefficient (Wildman–Crippen LogP) is 1.86. The normalized spacial score (nSPS) is 13.0. The Labute approximate surface area is 70.8 Å². The lowest BCUT2D eigenvalue weighted by molar-refractivity contribution is 0.456. The monoisotopic (exact) mass is 169 g/mol. The standard InChI is InChI=1S/C9H12FNO/c1-5-3-7(10)4-8(6(2)11)9(5)12/h3-4,6,12H,11H2,1-2H3/t6-/m1/s1. The minimum atomic E-state index is -0.363. The molecule has 0 aliphatic heterocycles. The van der Waals surface area contributed by atoms with E-state index in [9.17, 15) is 9.50 Å². The third-order valence-electron chi connectivity index (χ3n) is 1.79. The number of aryl methyl sites for hydroxylation is 1. The molecule has 66 valence electrons. The number of nitrogens with two attached hydrogens (primary N) is 1. The zero-order valence-electron chi connectivity index (χ0n) is 7.13. The second-order valence-corrected chi connectivity index (χ2v) is 2.95. The first-order valence-corrected chi connectivity index (χ1v) is 3.77. The van der Waals surface area contributed by atoms with Crippen LogP contribution in [0.1, 0.15) is 24.1 Å². The van der Waals surface area contributed by atoms with Gasteiger partial charge in [-0.3, -0.25) is 0 Å². The maximum atomic E-state index is 12.8. The van der Waals surface area contributed by atoms with Gasteiger partial charge < -0.3 is 10.8 Å². The van der Waals surface area contributed by atoms with Gasteiger partial charge in [0.05, 0.1) is 0 Å². The van der Waals surface area contributed by atoms with Crippen LogP contribution in [-0.2, 0) is 0 Å². The molecular formula is C9H12FNO. The van der Waals surface area contributed by atoms with Crippen LogP contribution in [0.5, 0.6) is 5.75 Å². The van der Waals surface area contributed by atoms with Gasteiger partial charge in [0.25, 0.3) is 0 Å². The number of halogens is 1. The fraction of sp³-hybridized carbons (Fsp3) is 0.333. The first-order valence-electron chi connectivity index (χ1n) is 3.77. The van der Waals surface area contributed by atoms with Crippen molar-refractivity contribution in [2.24, 2.45) is 5.73 Å². The molecule has 0 bridgehead atoms. The van der Waals surface area contributed by atoms with Crippen molar-refractivity contribution in [2.75, 3.05) is 0 Å². The third-order valence-corrected chi connectivity index (χ3v) is 1.79. The number of rotatable bonds is 1. The van der Waals surface area contributed by atoms with Crippen molar-refractivity contribution < 1.29 is 9.50 Å². The van der Waals surface area contributed by atoms with Gasteiger partial charge in [-0.25, -0.2) is 4.39 Å². The Balaban J connectivity index is 3.28. The lowest BCUT2D eigenvalue weighted by Crippen LogP contribution is -2.06. The number of hydrogen-bond acceptors (Lipinski definition) is 2. The van der Waals surface area contributed by atoms with Gasteiger partial charge in [0.1, 0.15) is 11.6 Å². The Hall–Kier alpha value is -1.09. The summed E-state index contributed by atoms with van der Waals surface area (Å²) in [5.74, 6) is -0.274. The average Bonchev–Trinajstić information content (AvgIpc) is 1.96. The van der Waals surface area contributed by atoms with Crippen LogP contribution < -0.4 is 5.73 Å². The van der Waals surface area contributed by atoms with Crippen molar-refractivity contribution >= 4 is 0 Å². The Morgan fingerprint density at radius 3 is 2.58 bits per heavy atom. The fourth-order valence-electron chi connectivity index (χ4n) is 1.11. The van der Waals surface area contributed by atoms with Crippen LogP contribution in [0.2, 0.25) is 0 Å². The minimum Gasteiger partial charge on any atom is -0.507 e. The van der Waals surface area contributed by atoms with E-state index in [0.29, 0.717) is 11.1 Å². The fourth-order valence-corrected chi connectivity index (χ4v) is 1.11. The van der Waals surface area contributed by atoms with Gasteiger partial charge in [-0.05, 0) is 31.5 Å². The zero-order chi connectivity index (χ0) is 9.30. The van der Waals surface area contributed by atoms with Crippen LogP contribution in [-0.4, -0.2) is 5.11 Å². The van der Waals surface area contributed by atoms with Gasteiger partial charge in [0.2, 0.25) is 0 Å². The summed E-state index contributed by atoms with van der Waals surface area (Å²) in [7, 11) is 0. The van der Waals surface area contributed by atoms with Crippen LogP contribution in [0.15, 0.2) is 12.1 Å². The van der Waals surface area contributed by atoms with Crippen LogP contribution in [0.4, 0.5) is 4.39 Å². The van der Waals surface area contributed by atoms with Crippen molar-refractivity contribution in [3.63, 3.8) is 0 Å². The molecule has 0 heterocycles. The SMILES string of the molecule is Cc1cc(F)cc([C@@H](C)N)c1O. The van der Waals surface area contributed by atoms with Gasteiger partial charge in [-0.2, -0.15) is 0 Å². The molecule has 0 saturated carbocycles.